The summed E-state index contributed by atoms with van der Waals surface area (Å²) in [5, 5.41) is 0. The maximum atomic E-state index is 9.71. The van der Waals surface area contributed by atoms with Crippen LogP contribution >= 0.6 is 0 Å². The molecule has 0 aliphatic heterocycles. The molecule has 0 aliphatic carbocycles. The fraction of sp³-hybridized carbons (Fsp3) is 0.400. The van der Waals surface area contributed by atoms with Gasteiger partial charge in [-0.25, -0.2) is 0 Å². The van der Waals surface area contributed by atoms with Crippen molar-refractivity contribution in [2.75, 3.05) is 7.11 Å². The van der Waals surface area contributed by atoms with Gasteiger partial charge in [0.25, 0.3) is 0 Å². The van der Waals surface area contributed by atoms with Gasteiger partial charge in [0.15, 0.2) is 0 Å². The molecule has 8 heavy (non-hydrogen) atoms. The first-order valence-corrected chi connectivity index (χ1v) is 2.22. The summed E-state index contributed by atoms with van der Waals surface area (Å²) >= 11 is 0. The highest BCUT2D eigenvalue weighted by atomic mass is 16.5. The van der Waals surface area contributed by atoms with Crippen molar-refractivity contribution in [3.8, 4) is 0 Å². The van der Waals surface area contributed by atoms with Crippen LogP contribution in [0.4, 0.5) is 0 Å². The zero-order valence-corrected chi connectivity index (χ0v) is 4.76. The van der Waals surface area contributed by atoms with Crippen molar-refractivity contribution >= 4 is 6.29 Å². The van der Waals surface area contributed by atoms with Crippen LogP contribution in [-0.4, -0.2) is 13.4 Å². The Balaban J connectivity index is 3.44. The lowest BCUT2D eigenvalue weighted by atomic mass is 10.4. The predicted molar refractivity (Wildman–Crippen MR) is 30.0 cm³/mol. The van der Waals surface area contributed by atoms with E-state index in [9.17, 15) is 4.79 Å². The molecule has 0 bridgehead atoms. The largest absolute Gasteiger partial charge is 0.503 e. The molecular formula is C5H9NO2. The van der Waals surface area contributed by atoms with Crippen LogP contribution in [0.5, 0.6) is 0 Å². The highest BCUT2D eigenvalue weighted by Crippen LogP contribution is 1.86. The quantitative estimate of drug-likeness (QED) is 0.416. The van der Waals surface area contributed by atoms with Crippen LogP contribution < -0.4 is 5.73 Å². The van der Waals surface area contributed by atoms with Crippen LogP contribution in [0, 0.1) is 0 Å². The maximum absolute atomic E-state index is 9.71. The number of ether oxygens (including phenoxy) is 1. The summed E-state index contributed by atoms with van der Waals surface area (Å²) in [5.74, 6) is 0. The fourth-order valence-electron chi connectivity index (χ4n) is 0.296. The van der Waals surface area contributed by atoms with E-state index in [1.807, 2.05) is 0 Å². The Morgan fingerprint density at radius 3 is 2.88 bits per heavy atom. The van der Waals surface area contributed by atoms with Crippen molar-refractivity contribution in [1.29, 1.82) is 0 Å². The van der Waals surface area contributed by atoms with Gasteiger partial charge in [0.05, 0.1) is 12.8 Å². The minimum absolute atomic E-state index is 0.244. The van der Waals surface area contributed by atoms with E-state index < -0.39 is 0 Å². The Bertz CT molecular complexity index is 98.6. The molecule has 0 spiro atoms. The van der Waals surface area contributed by atoms with Crippen molar-refractivity contribution in [3.63, 3.8) is 0 Å². The molecule has 0 heterocycles. The number of nitrogens with two attached hydrogens (primary N) is 1. The average Bonchev–Trinajstić information content (AvgIpc) is 1.68. The normalized spacial score (nSPS) is 10.9. The number of hydrogen-bond acceptors (Lipinski definition) is 3. The molecule has 0 fully saturated rings. The van der Waals surface area contributed by atoms with Crippen LogP contribution in [0.15, 0.2) is 12.0 Å². The van der Waals surface area contributed by atoms with E-state index in [1.54, 1.807) is 0 Å². The fourth-order valence-corrected chi connectivity index (χ4v) is 0.296. The first-order chi connectivity index (χ1) is 3.81. The number of allylic oxidation sites excluding steroid dienone is 1. The van der Waals surface area contributed by atoms with E-state index >= 15 is 0 Å². The van der Waals surface area contributed by atoms with E-state index in [4.69, 9.17) is 5.73 Å². The first kappa shape index (κ1) is 7.01. The molecule has 3 heteroatoms. The highest BCUT2D eigenvalue weighted by molar-refractivity contribution is 5.53. The standard InChI is InChI=1S/C5H9NO2/c1-8-4-5(6)2-3-7/h3-4H,2,6H2,1H3. The molecule has 2 N–H and O–H groups in total. The van der Waals surface area contributed by atoms with E-state index in [1.165, 1.54) is 13.4 Å². The third-order valence-electron chi connectivity index (χ3n) is 0.588. The smallest absolute Gasteiger partial charge is 0.125 e. The Hall–Kier alpha value is -0.990. The van der Waals surface area contributed by atoms with E-state index in [-0.39, 0.29) is 6.42 Å². The van der Waals surface area contributed by atoms with E-state index in [2.05, 4.69) is 4.74 Å². The first-order valence-electron chi connectivity index (χ1n) is 2.22. The van der Waals surface area contributed by atoms with Crippen LogP contribution in [-0.2, 0) is 9.53 Å². The monoisotopic (exact) mass is 115 g/mol. The van der Waals surface area contributed by atoms with Gasteiger partial charge in [-0.2, -0.15) is 0 Å². The predicted octanol–water partition coefficient (Wildman–Crippen LogP) is 0.0219. The Kier molecular flexibility index (Phi) is 3.66. The summed E-state index contributed by atoms with van der Waals surface area (Å²) in [6, 6.07) is 0. The van der Waals surface area contributed by atoms with Gasteiger partial charge < -0.3 is 15.3 Å². The van der Waals surface area contributed by atoms with Gasteiger partial charge in [0.2, 0.25) is 0 Å². The average molecular weight is 115 g/mol. The third kappa shape index (κ3) is 3.21. The molecule has 0 amide bonds. The van der Waals surface area contributed by atoms with Crippen molar-refractivity contribution in [1.82, 2.24) is 0 Å². The summed E-state index contributed by atoms with van der Waals surface area (Å²) < 4.78 is 4.51. The molecule has 46 valence electrons. The summed E-state index contributed by atoms with van der Waals surface area (Å²) in [5.41, 5.74) is 5.65. The summed E-state index contributed by atoms with van der Waals surface area (Å²) in [7, 11) is 1.48. The topological polar surface area (TPSA) is 52.3 Å². The second kappa shape index (κ2) is 4.18. The van der Waals surface area contributed by atoms with Gasteiger partial charge in [-0.15, -0.1) is 0 Å². The summed E-state index contributed by atoms with van der Waals surface area (Å²) in [6.07, 6.45) is 2.31. The number of carbonyl (C=O) groups excluding carboxylic acids is 1. The molecule has 0 unspecified atom stereocenters. The maximum Gasteiger partial charge on any atom is 0.125 e. The number of methoxy groups -OCH3 is 1. The SMILES string of the molecule is COC=C(N)CC=O. The highest BCUT2D eigenvalue weighted by Gasteiger charge is 1.84. The lowest BCUT2D eigenvalue weighted by Crippen LogP contribution is -1.97. The second-order valence-electron chi connectivity index (χ2n) is 1.30. The zero-order valence-electron chi connectivity index (χ0n) is 4.76. The van der Waals surface area contributed by atoms with Crippen LogP contribution in [0.3, 0.4) is 0 Å². The van der Waals surface area contributed by atoms with Gasteiger partial charge >= 0.3 is 0 Å². The van der Waals surface area contributed by atoms with Gasteiger partial charge in [0, 0.05) is 6.42 Å². The van der Waals surface area contributed by atoms with Gasteiger partial charge in [-0.1, -0.05) is 0 Å². The molecule has 0 aromatic heterocycles. The molecule has 0 rings (SSSR count). The van der Waals surface area contributed by atoms with Gasteiger partial charge in [-0.3, -0.25) is 0 Å². The molecule has 0 saturated carbocycles. The second-order valence-corrected chi connectivity index (χ2v) is 1.30. The van der Waals surface area contributed by atoms with Crippen molar-refractivity contribution in [3.05, 3.63) is 12.0 Å². The number of rotatable bonds is 3. The molecule has 0 atom stereocenters. The molecular weight excluding hydrogens is 106 g/mol. The van der Waals surface area contributed by atoms with Gasteiger partial charge in [0.1, 0.15) is 12.5 Å². The molecule has 0 aliphatic rings. The Morgan fingerprint density at radius 1 is 1.88 bits per heavy atom. The van der Waals surface area contributed by atoms with Crippen molar-refractivity contribution < 1.29 is 9.53 Å². The van der Waals surface area contributed by atoms with Crippen molar-refractivity contribution in [2.24, 2.45) is 5.73 Å². The molecule has 0 radical (unpaired) electrons. The summed E-state index contributed by atoms with van der Waals surface area (Å²) in [4.78, 5) is 9.71. The molecule has 0 saturated heterocycles. The number of carbonyl (C=O) groups is 1. The number of aldehydes is 1. The van der Waals surface area contributed by atoms with Crippen LogP contribution in [0.2, 0.25) is 0 Å². The minimum atomic E-state index is 0.244. The summed E-state index contributed by atoms with van der Waals surface area (Å²) in [6.45, 7) is 0. The lowest BCUT2D eigenvalue weighted by molar-refractivity contribution is -0.107. The number of hydrogen-bond donors (Lipinski definition) is 1. The van der Waals surface area contributed by atoms with Crippen LogP contribution in [0.25, 0.3) is 0 Å². The van der Waals surface area contributed by atoms with E-state index in [0.29, 0.717) is 5.70 Å². The van der Waals surface area contributed by atoms with E-state index in [0.717, 1.165) is 6.29 Å². The molecule has 0 aromatic carbocycles. The zero-order chi connectivity index (χ0) is 6.41. The van der Waals surface area contributed by atoms with Crippen LogP contribution in [0.1, 0.15) is 6.42 Å². The molecule has 0 aromatic rings. The molecule has 3 nitrogen and oxygen atoms in total. The van der Waals surface area contributed by atoms with Crippen molar-refractivity contribution in [2.45, 2.75) is 6.42 Å². The lowest BCUT2D eigenvalue weighted by Gasteiger charge is -1.90. The minimum Gasteiger partial charge on any atom is -0.503 e. The van der Waals surface area contributed by atoms with Gasteiger partial charge in [-0.05, 0) is 0 Å². The third-order valence-corrected chi connectivity index (χ3v) is 0.588. The Morgan fingerprint density at radius 2 is 2.50 bits per heavy atom. The Labute approximate surface area is 48.1 Å².